The van der Waals surface area contributed by atoms with E-state index in [1.807, 2.05) is 24.3 Å². The number of amides is 3. The van der Waals surface area contributed by atoms with E-state index >= 15 is 0 Å². The van der Waals surface area contributed by atoms with Gasteiger partial charge in [0.2, 0.25) is 5.91 Å². The van der Waals surface area contributed by atoms with Crippen LogP contribution in [0.4, 0.5) is 4.79 Å². The molecule has 19 heavy (non-hydrogen) atoms. The highest BCUT2D eigenvalue weighted by molar-refractivity contribution is 7.09. The van der Waals surface area contributed by atoms with Crippen molar-refractivity contribution in [1.82, 2.24) is 20.5 Å². The van der Waals surface area contributed by atoms with E-state index < -0.39 is 12.1 Å². The Morgan fingerprint density at radius 1 is 1.53 bits per heavy atom. The Kier molecular flexibility index (Phi) is 5.91. The van der Waals surface area contributed by atoms with Crippen LogP contribution in [0.15, 0.2) is 5.38 Å². The summed E-state index contributed by atoms with van der Waals surface area (Å²) >= 11 is 1.58. The number of aromatic nitrogens is 1. The van der Waals surface area contributed by atoms with Gasteiger partial charge >= 0.3 is 6.03 Å². The van der Waals surface area contributed by atoms with Crippen molar-refractivity contribution >= 4 is 23.3 Å². The summed E-state index contributed by atoms with van der Waals surface area (Å²) in [6.45, 7) is 6.56. The molecule has 1 aromatic rings. The van der Waals surface area contributed by atoms with Crippen LogP contribution in [0.1, 0.15) is 24.5 Å². The zero-order valence-electron chi connectivity index (χ0n) is 11.7. The van der Waals surface area contributed by atoms with Crippen LogP contribution in [0.3, 0.4) is 0 Å². The normalized spacial score (nSPS) is 12.3. The summed E-state index contributed by atoms with van der Waals surface area (Å²) in [6, 6.07) is -0.859. The zero-order valence-corrected chi connectivity index (χ0v) is 12.5. The Morgan fingerprint density at radius 3 is 2.74 bits per heavy atom. The minimum absolute atomic E-state index is 0.319. The summed E-state index contributed by atoms with van der Waals surface area (Å²) in [4.78, 5) is 29.3. The molecule has 0 aliphatic rings. The molecule has 1 heterocycles. The van der Waals surface area contributed by atoms with Crippen LogP contribution in [0, 0.1) is 6.92 Å². The van der Waals surface area contributed by atoms with Gasteiger partial charge < -0.3 is 5.32 Å². The van der Waals surface area contributed by atoms with E-state index in [9.17, 15) is 9.59 Å². The van der Waals surface area contributed by atoms with Gasteiger partial charge in [0.25, 0.3) is 0 Å². The molecule has 0 fully saturated rings. The highest BCUT2D eigenvalue weighted by Gasteiger charge is 2.20. The van der Waals surface area contributed by atoms with Gasteiger partial charge in [-0.2, -0.15) is 0 Å². The zero-order chi connectivity index (χ0) is 14.4. The van der Waals surface area contributed by atoms with Gasteiger partial charge in [-0.05, 0) is 27.8 Å². The van der Waals surface area contributed by atoms with Crippen LogP contribution < -0.4 is 10.6 Å². The average molecular weight is 284 g/mol. The molecule has 1 rings (SSSR count). The predicted molar refractivity (Wildman–Crippen MR) is 75.0 cm³/mol. The maximum Gasteiger partial charge on any atom is 0.321 e. The van der Waals surface area contributed by atoms with E-state index in [1.165, 1.54) is 0 Å². The van der Waals surface area contributed by atoms with Crippen molar-refractivity contribution in [3.8, 4) is 0 Å². The monoisotopic (exact) mass is 284 g/mol. The molecule has 2 N–H and O–H groups in total. The lowest BCUT2D eigenvalue weighted by molar-refractivity contribution is -0.124. The molecule has 7 heteroatoms. The van der Waals surface area contributed by atoms with Crippen molar-refractivity contribution in [3.63, 3.8) is 0 Å². The number of rotatable bonds is 5. The van der Waals surface area contributed by atoms with Gasteiger partial charge in [-0.1, -0.05) is 0 Å². The Bertz CT molecular complexity index is 447. The molecule has 0 saturated carbocycles. The third-order valence-electron chi connectivity index (χ3n) is 2.69. The molecule has 0 saturated heterocycles. The predicted octanol–water partition coefficient (Wildman–Crippen LogP) is 1.12. The molecule has 0 bridgehead atoms. The van der Waals surface area contributed by atoms with Crippen LogP contribution in [-0.2, 0) is 11.3 Å². The first kappa shape index (κ1) is 15.6. The fourth-order valence-electron chi connectivity index (χ4n) is 1.49. The Labute approximate surface area is 117 Å². The number of hydrogen-bond acceptors (Lipinski definition) is 5. The average Bonchev–Trinajstić information content (AvgIpc) is 2.73. The standard InChI is InChI=1S/C12H20N4O2S/c1-5-13-12(18)15-11(17)8(2)16(4)6-10-7-19-9(3)14-10/h7-8H,5-6H2,1-4H3,(H2,13,15,17,18). The summed E-state index contributed by atoms with van der Waals surface area (Å²) < 4.78 is 0. The lowest BCUT2D eigenvalue weighted by Crippen LogP contribution is -2.48. The Balaban J connectivity index is 2.49. The van der Waals surface area contributed by atoms with E-state index in [-0.39, 0.29) is 5.91 Å². The van der Waals surface area contributed by atoms with Crippen molar-refractivity contribution in [1.29, 1.82) is 0 Å². The first-order valence-corrected chi connectivity index (χ1v) is 7.02. The maximum atomic E-state index is 11.8. The first-order chi connectivity index (χ1) is 8.93. The van der Waals surface area contributed by atoms with Crippen molar-refractivity contribution in [3.05, 3.63) is 16.1 Å². The lowest BCUT2D eigenvalue weighted by Gasteiger charge is -2.22. The van der Waals surface area contributed by atoms with Gasteiger partial charge in [0, 0.05) is 18.5 Å². The summed E-state index contributed by atoms with van der Waals surface area (Å²) in [5.74, 6) is -0.319. The number of hydrogen-bond donors (Lipinski definition) is 2. The van der Waals surface area contributed by atoms with E-state index in [2.05, 4.69) is 15.6 Å². The minimum atomic E-state index is -0.461. The van der Waals surface area contributed by atoms with Crippen LogP contribution in [0.25, 0.3) is 0 Å². The largest absolute Gasteiger partial charge is 0.338 e. The highest BCUT2D eigenvalue weighted by Crippen LogP contribution is 2.11. The van der Waals surface area contributed by atoms with Crippen LogP contribution in [0.5, 0.6) is 0 Å². The van der Waals surface area contributed by atoms with Gasteiger partial charge in [-0.3, -0.25) is 15.0 Å². The van der Waals surface area contributed by atoms with E-state index in [4.69, 9.17) is 0 Å². The molecule has 0 aromatic carbocycles. The number of carbonyl (C=O) groups excluding carboxylic acids is 2. The summed E-state index contributed by atoms with van der Waals surface area (Å²) in [5, 5.41) is 7.80. The van der Waals surface area contributed by atoms with Gasteiger partial charge in [0.05, 0.1) is 16.7 Å². The molecule has 3 amide bonds. The van der Waals surface area contributed by atoms with Crippen LogP contribution >= 0.6 is 11.3 Å². The lowest BCUT2D eigenvalue weighted by atomic mass is 10.2. The second kappa shape index (κ2) is 7.20. The second-order valence-electron chi connectivity index (χ2n) is 4.30. The molecule has 0 aliphatic carbocycles. The number of urea groups is 1. The number of thiazole rings is 1. The van der Waals surface area contributed by atoms with Gasteiger partial charge in [-0.15, -0.1) is 11.3 Å². The fourth-order valence-corrected chi connectivity index (χ4v) is 2.10. The SMILES string of the molecule is CCNC(=O)NC(=O)C(C)N(C)Cc1csc(C)n1. The number of aryl methyl sites for hydroxylation is 1. The maximum absolute atomic E-state index is 11.8. The van der Waals surface area contributed by atoms with E-state index in [0.29, 0.717) is 13.1 Å². The molecular formula is C12H20N4O2S. The van der Waals surface area contributed by atoms with Crippen molar-refractivity contribution in [2.45, 2.75) is 33.4 Å². The number of likely N-dealkylation sites (N-methyl/N-ethyl adjacent to an activating group) is 1. The third-order valence-corrected chi connectivity index (χ3v) is 3.51. The Hall–Kier alpha value is -1.47. The highest BCUT2D eigenvalue weighted by atomic mass is 32.1. The van der Waals surface area contributed by atoms with Crippen molar-refractivity contribution in [2.75, 3.05) is 13.6 Å². The van der Waals surface area contributed by atoms with Crippen molar-refractivity contribution in [2.24, 2.45) is 0 Å². The number of carbonyl (C=O) groups is 2. The molecule has 0 radical (unpaired) electrons. The van der Waals surface area contributed by atoms with Crippen LogP contribution in [-0.4, -0.2) is 41.5 Å². The summed E-state index contributed by atoms with van der Waals surface area (Å²) in [6.07, 6.45) is 0. The van der Waals surface area contributed by atoms with Crippen LogP contribution in [0.2, 0.25) is 0 Å². The summed E-state index contributed by atoms with van der Waals surface area (Å²) in [7, 11) is 1.83. The quantitative estimate of drug-likeness (QED) is 0.849. The molecular weight excluding hydrogens is 264 g/mol. The number of nitrogens with one attached hydrogen (secondary N) is 2. The first-order valence-electron chi connectivity index (χ1n) is 6.14. The van der Waals surface area contributed by atoms with E-state index in [0.717, 1.165) is 10.7 Å². The molecule has 6 nitrogen and oxygen atoms in total. The number of nitrogens with zero attached hydrogens (tertiary/aromatic N) is 2. The Morgan fingerprint density at radius 2 is 2.21 bits per heavy atom. The third kappa shape index (κ3) is 4.96. The molecule has 0 spiro atoms. The smallest absolute Gasteiger partial charge is 0.321 e. The summed E-state index contributed by atoms with van der Waals surface area (Å²) in [5.41, 5.74) is 0.933. The van der Waals surface area contributed by atoms with Crippen molar-refractivity contribution < 1.29 is 9.59 Å². The molecule has 106 valence electrons. The molecule has 0 aliphatic heterocycles. The van der Waals surface area contributed by atoms with Gasteiger partial charge in [0.1, 0.15) is 0 Å². The van der Waals surface area contributed by atoms with E-state index in [1.54, 1.807) is 25.2 Å². The fraction of sp³-hybridized carbons (Fsp3) is 0.583. The minimum Gasteiger partial charge on any atom is -0.338 e. The molecule has 1 atom stereocenters. The van der Waals surface area contributed by atoms with Gasteiger partial charge in [-0.25, -0.2) is 9.78 Å². The number of imide groups is 1. The second-order valence-corrected chi connectivity index (χ2v) is 5.36. The van der Waals surface area contributed by atoms with Gasteiger partial charge in [0.15, 0.2) is 0 Å². The molecule has 1 aromatic heterocycles. The topological polar surface area (TPSA) is 74.3 Å². The molecule has 1 unspecified atom stereocenters.